The van der Waals surface area contributed by atoms with Crippen molar-refractivity contribution in [3.8, 4) is 0 Å². The molecule has 14 heavy (non-hydrogen) atoms. The van der Waals surface area contributed by atoms with Crippen molar-refractivity contribution < 1.29 is 9.53 Å². The van der Waals surface area contributed by atoms with Gasteiger partial charge >= 0.3 is 0 Å². The normalized spacial score (nSPS) is 17.2. The first-order valence-electron chi connectivity index (χ1n) is 5.30. The van der Waals surface area contributed by atoms with Crippen LogP contribution in [-0.4, -0.2) is 12.4 Å². The van der Waals surface area contributed by atoms with Gasteiger partial charge in [-0.3, -0.25) is 4.79 Å². The molecule has 0 N–H and O–H groups in total. The monoisotopic (exact) mass is 194 g/mol. The van der Waals surface area contributed by atoms with Crippen molar-refractivity contribution in [3.05, 3.63) is 24.0 Å². The Morgan fingerprint density at radius 2 is 2.36 bits per heavy atom. The molecule has 0 saturated heterocycles. The minimum atomic E-state index is 0.208. The van der Waals surface area contributed by atoms with Crippen molar-refractivity contribution >= 4 is 5.78 Å². The number of rotatable bonds is 5. The molecule has 0 saturated carbocycles. The second-order valence-electron chi connectivity index (χ2n) is 3.49. The molecule has 0 bridgehead atoms. The van der Waals surface area contributed by atoms with Crippen LogP contribution in [0, 0.1) is 0 Å². The summed E-state index contributed by atoms with van der Waals surface area (Å²) in [4.78, 5) is 11.0. The average Bonchev–Trinajstić information content (AvgIpc) is 2.18. The molecule has 2 heteroatoms. The smallest absolute Gasteiger partial charge is 0.159 e. The highest BCUT2D eigenvalue weighted by atomic mass is 16.5. The Morgan fingerprint density at radius 1 is 1.50 bits per heavy atom. The van der Waals surface area contributed by atoms with E-state index in [2.05, 4.69) is 6.08 Å². The number of ether oxygens (including phenoxy) is 1. The molecule has 0 aromatic carbocycles. The van der Waals surface area contributed by atoms with Gasteiger partial charge in [-0.05, 0) is 26.2 Å². The number of unbranched alkanes of at least 4 members (excludes halogenated alkanes) is 1. The predicted molar refractivity (Wildman–Crippen MR) is 56.9 cm³/mol. The third kappa shape index (κ3) is 4.26. The summed E-state index contributed by atoms with van der Waals surface area (Å²) in [7, 11) is 0. The zero-order chi connectivity index (χ0) is 10.2. The van der Waals surface area contributed by atoms with Crippen LogP contribution in [0.1, 0.15) is 39.0 Å². The van der Waals surface area contributed by atoms with E-state index in [0.717, 1.165) is 38.0 Å². The van der Waals surface area contributed by atoms with Crippen molar-refractivity contribution in [3.63, 3.8) is 0 Å². The SMILES string of the molecule is C/C=C/CCCOC1=CC(=O)CCC1. The van der Waals surface area contributed by atoms with Crippen LogP contribution in [-0.2, 0) is 9.53 Å². The third-order valence-corrected chi connectivity index (χ3v) is 2.21. The van der Waals surface area contributed by atoms with Gasteiger partial charge in [-0.1, -0.05) is 12.2 Å². The van der Waals surface area contributed by atoms with Crippen LogP contribution in [0.3, 0.4) is 0 Å². The van der Waals surface area contributed by atoms with Crippen LogP contribution < -0.4 is 0 Å². The quantitative estimate of drug-likeness (QED) is 0.496. The number of ketones is 1. The first-order valence-corrected chi connectivity index (χ1v) is 5.30. The van der Waals surface area contributed by atoms with Gasteiger partial charge in [0.25, 0.3) is 0 Å². The van der Waals surface area contributed by atoms with Gasteiger partial charge < -0.3 is 4.74 Å². The summed E-state index contributed by atoms with van der Waals surface area (Å²) in [6.45, 7) is 2.74. The fraction of sp³-hybridized carbons (Fsp3) is 0.583. The van der Waals surface area contributed by atoms with Crippen LogP contribution >= 0.6 is 0 Å². The highest BCUT2D eigenvalue weighted by Crippen LogP contribution is 2.16. The van der Waals surface area contributed by atoms with E-state index in [1.165, 1.54) is 0 Å². The number of carbonyl (C=O) groups excluding carboxylic acids is 1. The molecule has 0 fully saturated rings. The number of hydrogen-bond donors (Lipinski definition) is 0. The van der Waals surface area contributed by atoms with Crippen LogP contribution in [0.25, 0.3) is 0 Å². The van der Waals surface area contributed by atoms with E-state index in [-0.39, 0.29) is 5.78 Å². The van der Waals surface area contributed by atoms with E-state index in [1.807, 2.05) is 13.0 Å². The lowest BCUT2D eigenvalue weighted by Gasteiger charge is -2.13. The Kier molecular flexibility index (Phi) is 5.05. The van der Waals surface area contributed by atoms with E-state index >= 15 is 0 Å². The summed E-state index contributed by atoms with van der Waals surface area (Å²) >= 11 is 0. The Bertz CT molecular complexity index is 239. The summed E-state index contributed by atoms with van der Waals surface area (Å²) in [5.41, 5.74) is 0. The van der Waals surface area contributed by atoms with Gasteiger partial charge in [0, 0.05) is 18.9 Å². The summed E-state index contributed by atoms with van der Waals surface area (Å²) < 4.78 is 5.51. The van der Waals surface area contributed by atoms with Crippen LogP contribution in [0.2, 0.25) is 0 Å². The first-order chi connectivity index (χ1) is 6.83. The molecule has 0 spiro atoms. The van der Waals surface area contributed by atoms with Gasteiger partial charge in [0.15, 0.2) is 5.78 Å². The molecular formula is C12H18O2. The zero-order valence-corrected chi connectivity index (χ0v) is 8.79. The second-order valence-corrected chi connectivity index (χ2v) is 3.49. The molecule has 1 aliphatic rings. The molecule has 0 aromatic rings. The van der Waals surface area contributed by atoms with Crippen LogP contribution in [0.15, 0.2) is 24.0 Å². The van der Waals surface area contributed by atoms with Gasteiger partial charge in [-0.2, -0.15) is 0 Å². The van der Waals surface area contributed by atoms with Gasteiger partial charge in [-0.15, -0.1) is 0 Å². The maximum absolute atomic E-state index is 11.0. The van der Waals surface area contributed by atoms with Crippen molar-refractivity contribution in [2.45, 2.75) is 39.0 Å². The van der Waals surface area contributed by atoms with Gasteiger partial charge in [-0.25, -0.2) is 0 Å². The van der Waals surface area contributed by atoms with Crippen LogP contribution in [0.5, 0.6) is 0 Å². The minimum Gasteiger partial charge on any atom is -0.498 e. The number of allylic oxidation sites excluding steroid dienone is 4. The Hall–Kier alpha value is -1.05. The fourth-order valence-electron chi connectivity index (χ4n) is 1.45. The number of hydrogen-bond acceptors (Lipinski definition) is 2. The van der Waals surface area contributed by atoms with E-state index in [0.29, 0.717) is 6.42 Å². The molecule has 0 unspecified atom stereocenters. The van der Waals surface area contributed by atoms with Crippen molar-refractivity contribution in [2.24, 2.45) is 0 Å². The standard InChI is InChI=1S/C12H18O2/c1-2-3-4-5-9-14-12-8-6-7-11(13)10-12/h2-3,10H,4-9H2,1H3/b3-2+. The summed E-state index contributed by atoms with van der Waals surface area (Å²) in [5.74, 6) is 1.08. The molecular weight excluding hydrogens is 176 g/mol. The molecule has 0 amide bonds. The van der Waals surface area contributed by atoms with E-state index < -0.39 is 0 Å². The molecule has 0 aromatic heterocycles. The molecule has 0 atom stereocenters. The largest absolute Gasteiger partial charge is 0.498 e. The van der Waals surface area contributed by atoms with E-state index in [4.69, 9.17) is 4.74 Å². The lowest BCUT2D eigenvalue weighted by Crippen LogP contribution is -2.05. The highest BCUT2D eigenvalue weighted by molar-refractivity contribution is 5.90. The molecule has 0 radical (unpaired) electrons. The lowest BCUT2D eigenvalue weighted by atomic mass is 10.1. The maximum atomic E-state index is 11.0. The summed E-state index contributed by atoms with van der Waals surface area (Å²) in [6.07, 6.45) is 10.5. The fourth-order valence-corrected chi connectivity index (χ4v) is 1.45. The van der Waals surface area contributed by atoms with E-state index in [1.54, 1.807) is 6.08 Å². The molecule has 0 heterocycles. The third-order valence-electron chi connectivity index (χ3n) is 2.21. The first kappa shape index (κ1) is 11.0. The molecule has 0 aliphatic heterocycles. The average molecular weight is 194 g/mol. The Labute approximate surface area is 85.6 Å². The minimum absolute atomic E-state index is 0.208. The molecule has 78 valence electrons. The van der Waals surface area contributed by atoms with E-state index in [9.17, 15) is 4.79 Å². The second kappa shape index (κ2) is 6.41. The molecule has 2 nitrogen and oxygen atoms in total. The zero-order valence-electron chi connectivity index (χ0n) is 8.79. The summed E-state index contributed by atoms with van der Waals surface area (Å²) in [6, 6.07) is 0. The summed E-state index contributed by atoms with van der Waals surface area (Å²) in [5, 5.41) is 0. The Balaban J connectivity index is 2.14. The number of carbonyl (C=O) groups is 1. The lowest BCUT2D eigenvalue weighted by molar-refractivity contribution is -0.115. The van der Waals surface area contributed by atoms with Crippen molar-refractivity contribution in [1.29, 1.82) is 0 Å². The van der Waals surface area contributed by atoms with Gasteiger partial charge in [0.1, 0.15) is 0 Å². The molecule has 1 aliphatic carbocycles. The van der Waals surface area contributed by atoms with Crippen molar-refractivity contribution in [2.75, 3.05) is 6.61 Å². The van der Waals surface area contributed by atoms with Gasteiger partial charge in [0.05, 0.1) is 12.4 Å². The highest BCUT2D eigenvalue weighted by Gasteiger charge is 2.09. The molecule has 1 rings (SSSR count). The van der Waals surface area contributed by atoms with Crippen LogP contribution in [0.4, 0.5) is 0 Å². The predicted octanol–water partition coefficient (Wildman–Crippen LogP) is 3.00. The topological polar surface area (TPSA) is 26.3 Å². The maximum Gasteiger partial charge on any atom is 0.159 e. The van der Waals surface area contributed by atoms with Crippen molar-refractivity contribution in [1.82, 2.24) is 0 Å². The Morgan fingerprint density at radius 3 is 3.07 bits per heavy atom. The van der Waals surface area contributed by atoms with Gasteiger partial charge in [0.2, 0.25) is 0 Å².